The standard InChI is InChI=1S/C25H52O3S2/c1-3-5-7-9-11-13-15-17-19-29-25(21-23(27)24(28)22-26)30-20-18-16-14-12-10-8-6-4-2/h23-28H,3-22H2,1-2H3. The Morgan fingerprint density at radius 3 is 1.27 bits per heavy atom. The van der Waals surface area contributed by atoms with Crippen molar-refractivity contribution in [2.24, 2.45) is 0 Å². The van der Waals surface area contributed by atoms with Crippen molar-refractivity contribution in [1.29, 1.82) is 0 Å². The van der Waals surface area contributed by atoms with Crippen LogP contribution in [-0.2, 0) is 0 Å². The summed E-state index contributed by atoms with van der Waals surface area (Å²) in [5.74, 6) is 2.26. The van der Waals surface area contributed by atoms with Crippen LogP contribution in [0.25, 0.3) is 0 Å². The molecule has 0 aliphatic rings. The molecular weight excluding hydrogens is 412 g/mol. The fraction of sp³-hybridized carbons (Fsp3) is 1.00. The Bertz CT molecular complexity index is 310. The Morgan fingerprint density at radius 1 is 0.533 bits per heavy atom. The SMILES string of the molecule is CCCCCCCCCCSC(CC(O)C(O)CO)SCCCCCCCCCC. The molecule has 0 bridgehead atoms. The Labute approximate surface area is 196 Å². The lowest BCUT2D eigenvalue weighted by Gasteiger charge is -2.22. The highest BCUT2D eigenvalue weighted by molar-refractivity contribution is 8.17. The Kier molecular flexibility index (Phi) is 24.7. The molecule has 0 heterocycles. The maximum absolute atomic E-state index is 10.1. The molecule has 0 rings (SSSR count). The van der Waals surface area contributed by atoms with Gasteiger partial charge in [0.05, 0.1) is 17.3 Å². The van der Waals surface area contributed by atoms with Gasteiger partial charge < -0.3 is 15.3 Å². The van der Waals surface area contributed by atoms with E-state index in [-0.39, 0.29) is 6.61 Å². The van der Waals surface area contributed by atoms with Crippen LogP contribution in [0.1, 0.15) is 123 Å². The molecular formula is C25H52O3S2. The minimum Gasteiger partial charge on any atom is -0.394 e. The molecule has 0 spiro atoms. The summed E-state index contributed by atoms with van der Waals surface area (Å²) in [6.45, 7) is 4.16. The van der Waals surface area contributed by atoms with E-state index in [1.807, 2.05) is 23.5 Å². The van der Waals surface area contributed by atoms with Crippen molar-refractivity contribution in [3.05, 3.63) is 0 Å². The van der Waals surface area contributed by atoms with Gasteiger partial charge >= 0.3 is 0 Å². The molecule has 3 nitrogen and oxygen atoms in total. The van der Waals surface area contributed by atoms with Gasteiger partial charge in [0.1, 0.15) is 6.10 Å². The number of aliphatic hydroxyl groups excluding tert-OH is 3. The highest BCUT2D eigenvalue weighted by atomic mass is 32.2. The lowest BCUT2D eigenvalue weighted by Crippen LogP contribution is -2.31. The van der Waals surface area contributed by atoms with Crippen LogP contribution in [0.5, 0.6) is 0 Å². The van der Waals surface area contributed by atoms with Crippen molar-refractivity contribution in [2.45, 2.75) is 140 Å². The van der Waals surface area contributed by atoms with Crippen molar-refractivity contribution in [2.75, 3.05) is 18.1 Å². The molecule has 5 heteroatoms. The van der Waals surface area contributed by atoms with Crippen LogP contribution in [0.4, 0.5) is 0 Å². The molecule has 2 unspecified atom stereocenters. The summed E-state index contributed by atoms with van der Waals surface area (Å²) in [6.07, 6.45) is 20.1. The fourth-order valence-corrected chi connectivity index (χ4v) is 6.46. The molecule has 0 saturated carbocycles. The molecule has 182 valence electrons. The van der Waals surface area contributed by atoms with Crippen LogP contribution in [0.2, 0.25) is 0 Å². The molecule has 30 heavy (non-hydrogen) atoms. The maximum Gasteiger partial charge on any atom is 0.103 e. The first-order valence-corrected chi connectivity index (χ1v) is 15.0. The first kappa shape index (κ1) is 30.6. The Balaban J connectivity index is 3.92. The summed E-state index contributed by atoms with van der Waals surface area (Å²) in [4.78, 5) is 0. The molecule has 0 radical (unpaired) electrons. The number of rotatable bonds is 24. The van der Waals surface area contributed by atoms with Gasteiger partial charge in [-0.2, -0.15) is 0 Å². The number of aliphatic hydroxyl groups is 3. The molecule has 0 amide bonds. The number of unbranched alkanes of at least 4 members (excludes halogenated alkanes) is 14. The van der Waals surface area contributed by atoms with Gasteiger partial charge in [0.15, 0.2) is 0 Å². The molecule has 0 aromatic heterocycles. The third-order valence-corrected chi connectivity index (χ3v) is 8.66. The third-order valence-electron chi connectivity index (χ3n) is 5.67. The van der Waals surface area contributed by atoms with Gasteiger partial charge in [-0.15, -0.1) is 23.5 Å². The smallest absolute Gasteiger partial charge is 0.103 e. The second kappa shape index (κ2) is 24.2. The minimum absolute atomic E-state index is 0.315. The van der Waals surface area contributed by atoms with E-state index in [4.69, 9.17) is 5.11 Å². The van der Waals surface area contributed by atoms with Crippen molar-refractivity contribution < 1.29 is 15.3 Å². The van der Waals surface area contributed by atoms with Crippen LogP contribution in [0, 0.1) is 0 Å². The number of hydrogen-bond acceptors (Lipinski definition) is 5. The van der Waals surface area contributed by atoms with E-state index < -0.39 is 12.2 Å². The van der Waals surface area contributed by atoms with Gasteiger partial charge in [-0.05, 0) is 30.8 Å². The second-order valence-corrected chi connectivity index (χ2v) is 11.6. The van der Waals surface area contributed by atoms with Gasteiger partial charge in [-0.3, -0.25) is 0 Å². The number of hydrogen-bond donors (Lipinski definition) is 3. The van der Waals surface area contributed by atoms with Crippen LogP contribution < -0.4 is 0 Å². The first-order valence-electron chi connectivity index (χ1n) is 12.9. The highest BCUT2D eigenvalue weighted by Gasteiger charge is 2.21. The predicted molar refractivity (Wildman–Crippen MR) is 138 cm³/mol. The molecule has 0 aromatic carbocycles. The summed E-state index contributed by atoms with van der Waals surface area (Å²) in [6, 6.07) is 0. The Morgan fingerprint density at radius 2 is 0.900 bits per heavy atom. The van der Waals surface area contributed by atoms with Crippen molar-refractivity contribution >= 4 is 23.5 Å². The molecule has 0 aliphatic heterocycles. The molecule has 2 atom stereocenters. The summed E-state index contributed by atoms with van der Waals surface area (Å²) in [7, 11) is 0. The minimum atomic E-state index is -1.01. The zero-order chi connectivity index (χ0) is 22.3. The largest absolute Gasteiger partial charge is 0.394 e. The fourth-order valence-electron chi connectivity index (χ4n) is 3.56. The maximum atomic E-state index is 10.1. The molecule has 0 aromatic rings. The van der Waals surface area contributed by atoms with Gasteiger partial charge in [-0.25, -0.2) is 0 Å². The summed E-state index contributed by atoms with van der Waals surface area (Å²) >= 11 is 3.87. The average Bonchev–Trinajstić information content (AvgIpc) is 2.75. The van der Waals surface area contributed by atoms with Crippen LogP contribution >= 0.6 is 23.5 Å². The quantitative estimate of drug-likeness (QED) is 0.104. The first-order chi connectivity index (χ1) is 14.7. The van der Waals surface area contributed by atoms with Crippen molar-refractivity contribution in [3.8, 4) is 0 Å². The van der Waals surface area contributed by atoms with E-state index in [1.165, 1.54) is 103 Å². The van der Waals surface area contributed by atoms with Crippen LogP contribution in [0.3, 0.4) is 0 Å². The van der Waals surface area contributed by atoms with E-state index in [0.29, 0.717) is 11.0 Å². The van der Waals surface area contributed by atoms with Crippen molar-refractivity contribution in [1.82, 2.24) is 0 Å². The summed E-state index contributed by atoms with van der Waals surface area (Å²) in [5, 5.41) is 29.0. The van der Waals surface area contributed by atoms with E-state index in [1.54, 1.807) is 0 Å². The normalized spacial score (nSPS) is 13.8. The number of thioether (sulfide) groups is 2. The van der Waals surface area contributed by atoms with E-state index >= 15 is 0 Å². The van der Waals surface area contributed by atoms with Crippen molar-refractivity contribution in [3.63, 3.8) is 0 Å². The lowest BCUT2D eigenvalue weighted by atomic mass is 10.1. The van der Waals surface area contributed by atoms with Gasteiger partial charge in [0.25, 0.3) is 0 Å². The average molecular weight is 465 g/mol. The van der Waals surface area contributed by atoms with Crippen LogP contribution in [0.15, 0.2) is 0 Å². The molecule has 0 fully saturated rings. The lowest BCUT2D eigenvalue weighted by molar-refractivity contribution is -0.0154. The molecule has 0 saturated heterocycles. The summed E-state index contributed by atoms with van der Waals surface area (Å²) in [5.41, 5.74) is 0. The van der Waals surface area contributed by atoms with E-state index in [2.05, 4.69) is 13.8 Å². The second-order valence-electron chi connectivity index (χ2n) is 8.67. The third kappa shape index (κ3) is 20.5. The van der Waals surface area contributed by atoms with Gasteiger partial charge in [-0.1, -0.05) is 104 Å². The van der Waals surface area contributed by atoms with E-state index in [9.17, 15) is 10.2 Å². The zero-order valence-corrected chi connectivity index (χ0v) is 21.7. The van der Waals surface area contributed by atoms with E-state index in [0.717, 1.165) is 11.5 Å². The summed E-state index contributed by atoms with van der Waals surface area (Å²) < 4.78 is 0.315. The van der Waals surface area contributed by atoms with Gasteiger partial charge in [0.2, 0.25) is 0 Å². The molecule has 0 aliphatic carbocycles. The predicted octanol–water partition coefficient (Wildman–Crippen LogP) is 7.16. The van der Waals surface area contributed by atoms with Gasteiger partial charge in [0, 0.05) is 0 Å². The topological polar surface area (TPSA) is 60.7 Å². The van der Waals surface area contributed by atoms with Crippen LogP contribution in [-0.4, -0.2) is 50.2 Å². The Hall–Kier alpha value is 0.580. The molecule has 3 N–H and O–H groups in total. The zero-order valence-electron chi connectivity index (χ0n) is 20.0. The highest BCUT2D eigenvalue weighted by Crippen LogP contribution is 2.31. The monoisotopic (exact) mass is 464 g/mol.